The van der Waals surface area contributed by atoms with E-state index in [1.807, 2.05) is 51.1 Å². The van der Waals surface area contributed by atoms with E-state index in [9.17, 15) is 19.2 Å². The van der Waals surface area contributed by atoms with Crippen molar-refractivity contribution in [3.63, 3.8) is 0 Å². The Balaban J connectivity index is 2.33. The third-order valence-corrected chi connectivity index (χ3v) is 6.37. The summed E-state index contributed by atoms with van der Waals surface area (Å²) in [5.74, 6) is -1.26. The number of ether oxygens (including phenoxy) is 1. The van der Waals surface area contributed by atoms with Gasteiger partial charge in [-0.1, -0.05) is 51.1 Å². The first kappa shape index (κ1) is 29.3. The maximum absolute atomic E-state index is 13.8. The van der Waals surface area contributed by atoms with Crippen molar-refractivity contribution in [2.45, 2.75) is 71.2 Å². The van der Waals surface area contributed by atoms with Gasteiger partial charge in [-0.2, -0.15) is 0 Å². The Bertz CT molecular complexity index is 917. The van der Waals surface area contributed by atoms with Gasteiger partial charge in [-0.15, -0.1) is 0 Å². The number of hydrogen-bond acceptors (Lipinski definition) is 6. The zero-order chi connectivity index (χ0) is 27.0. The maximum atomic E-state index is 13.8. The van der Waals surface area contributed by atoms with E-state index in [-0.39, 0.29) is 49.2 Å². The number of carbonyl (C=O) groups excluding carboxylic acids is 4. The van der Waals surface area contributed by atoms with Gasteiger partial charge in [0.1, 0.15) is 12.1 Å². The molecule has 5 atom stereocenters. The molecule has 4 amide bonds. The first-order valence-electron chi connectivity index (χ1n) is 12.3. The van der Waals surface area contributed by atoms with Crippen LogP contribution in [0.3, 0.4) is 0 Å². The summed E-state index contributed by atoms with van der Waals surface area (Å²) < 4.78 is 5.32. The molecule has 0 spiro atoms. The fourth-order valence-corrected chi connectivity index (χ4v) is 4.27. The molecular weight excluding hydrogens is 462 g/mol. The molecule has 0 saturated carbocycles. The molecule has 2 rings (SSSR count). The van der Waals surface area contributed by atoms with Gasteiger partial charge in [0.25, 0.3) is 0 Å². The van der Waals surface area contributed by atoms with E-state index in [0.717, 1.165) is 5.56 Å². The Kier molecular flexibility index (Phi) is 10.4. The summed E-state index contributed by atoms with van der Waals surface area (Å²) >= 11 is 0. The Morgan fingerprint density at radius 1 is 1.11 bits per heavy atom. The maximum Gasteiger partial charge on any atom is 0.246 e. The van der Waals surface area contributed by atoms with Crippen molar-refractivity contribution >= 4 is 23.6 Å². The fourth-order valence-electron chi connectivity index (χ4n) is 4.27. The third kappa shape index (κ3) is 7.76. The summed E-state index contributed by atoms with van der Waals surface area (Å²) in [6.45, 7) is 9.12. The number of rotatable bonds is 10. The number of nitrogens with one attached hydrogen (secondary N) is 4. The largest absolute Gasteiger partial charge is 0.382 e. The first-order valence-corrected chi connectivity index (χ1v) is 12.3. The lowest BCUT2D eigenvalue weighted by Crippen LogP contribution is -2.59. The number of likely N-dealkylation sites (tertiary alicyclic amines) is 1. The van der Waals surface area contributed by atoms with Gasteiger partial charge in [0.2, 0.25) is 23.6 Å². The van der Waals surface area contributed by atoms with Gasteiger partial charge < -0.3 is 30.9 Å². The number of amides is 4. The normalized spacial score (nSPS) is 20.2. The van der Waals surface area contributed by atoms with Crippen LogP contribution in [0.4, 0.5) is 0 Å². The minimum Gasteiger partial charge on any atom is -0.382 e. The molecule has 0 aliphatic carbocycles. The molecule has 1 fully saturated rings. The van der Waals surface area contributed by atoms with Crippen LogP contribution in [0.2, 0.25) is 0 Å². The number of benzene rings is 1. The van der Waals surface area contributed by atoms with Crippen LogP contribution >= 0.6 is 0 Å². The highest BCUT2D eigenvalue weighted by Gasteiger charge is 2.45. The summed E-state index contributed by atoms with van der Waals surface area (Å²) in [4.78, 5) is 53.3. The van der Waals surface area contributed by atoms with Crippen LogP contribution in [0.5, 0.6) is 0 Å². The molecule has 0 aromatic heterocycles. The average Bonchev–Trinajstić information content (AvgIpc) is 3.24. The van der Waals surface area contributed by atoms with E-state index in [1.165, 1.54) is 11.8 Å². The summed E-state index contributed by atoms with van der Waals surface area (Å²) in [5.41, 5.74) is 0.263. The highest BCUT2D eigenvalue weighted by atomic mass is 16.5. The second kappa shape index (κ2) is 12.8. The Morgan fingerprint density at radius 2 is 1.75 bits per heavy atom. The molecule has 1 aromatic carbocycles. The molecule has 10 heteroatoms. The van der Waals surface area contributed by atoms with Crippen LogP contribution in [0.1, 0.15) is 52.6 Å². The van der Waals surface area contributed by atoms with E-state index >= 15 is 0 Å². The minimum absolute atomic E-state index is 0.167. The van der Waals surface area contributed by atoms with Crippen LogP contribution in [0, 0.1) is 5.41 Å². The molecule has 1 aliphatic rings. The molecule has 1 aliphatic heterocycles. The summed E-state index contributed by atoms with van der Waals surface area (Å²) in [6, 6.07) is 6.48. The second-order valence-electron chi connectivity index (χ2n) is 10.4. The van der Waals surface area contributed by atoms with Crippen LogP contribution < -0.4 is 21.3 Å². The summed E-state index contributed by atoms with van der Waals surface area (Å²) in [7, 11) is 3.23. The van der Waals surface area contributed by atoms with E-state index in [2.05, 4.69) is 21.3 Å². The Hall–Kier alpha value is -2.98. The van der Waals surface area contributed by atoms with Crippen molar-refractivity contribution in [2.75, 3.05) is 27.3 Å². The lowest BCUT2D eigenvalue weighted by molar-refractivity contribution is -0.144. The van der Waals surface area contributed by atoms with Crippen LogP contribution in [-0.2, 0) is 23.9 Å². The van der Waals surface area contributed by atoms with Gasteiger partial charge in [-0.05, 0) is 31.4 Å². The van der Waals surface area contributed by atoms with Crippen molar-refractivity contribution < 1.29 is 23.9 Å². The predicted molar refractivity (Wildman–Crippen MR) is 137 cm³/mol. The molecule has 1 heterocycles. The zero-order valence-corrected chi connectivity index (χ0v) is 22.4. The number of methoxy groups -OCH3 is 1. The van der Waals surface area contributed by atoms with Crippen molar-refractivity contribution in [1.82, 2.24) is 26.2 Å². The average molecular weight is 504 g/mol. The molecule has 4 N–H and O–H groups in total. The van der Waals surface area contributed by atoms with Gasteiger partial charge in [0, 0.05) is 26.6 Å². The van der Waals surface area contributed by atoms with Crippen LogP contribution in [0.15, 0.2) is 30.3 Å². The summed E-state index contributed by atoms with van der Waals surface area (Å²) in [6.07, 6.45) is 0.267. The Morgan fingerprint density at radius 3 is 2.28 bits per heavy atom. The van der Waals surface area contributed by atoms with E-state index in [0.29, 0.717) is 0 Å². The number of carbonyl (C=O) groups is 4. The lowest BCUT2D eigenvalue weighted by Gasteiger charge is -2.36. The number of nitrogens with zero attached hydrogens (tertiary/aromatic N) is 1. The monoisotopic (exact) mass is 503 g/mol. The van der Waals surface area contributed by atoms with Gasteiger partial charge >= 0.3 is 0 Å². The lowest BCUT2D eigenvalue weighted by atomic mass is 9.85. The first-order chi connectivity index (χ1) is 16.9. The van der Waals surface area contributed by atoms with Crippen LogP contribution in [-0.4, -0.2) is 80.0 Å². The second-order valence-corrected chi connectivity index (χ2v) is 10.4. The minimum atomic E-state index is -0.865. The highest BCUT2D eigenvalue weighted by Crippen LogP contribution is 2.27. The van der Waals surface area contributed by atoms with E-state index in [4.69, 9.17) is 4.74 Å². The molecule has 0 radical (unpaired) electrons. The summed E-state index contributed by atoms with van der Waals surface area (Å²) in [5, 5.41) is 11.6. The van der Waals surface area contributed by atoms with Crippen molar-refractivity contribution in [2.24, 2.45) is 5.41 Å². The zero-order valence-electron chi connectivity index (χ0n) is 22.4. The van der Waals surface area contributed by atoms with Crippen molar-refractivity contribution in [3.05, 3.63) is 35.9 Å². The molecule has 0 unspecified atom stereocenters. The standard InChI is InChI=1S/C26H41N5O5/c1-16(27-6)23(33)30-22(26(3,4)5)25(35)31-14-19(28-17(2)32)13-21(31)24(34)29-20(15-36-7)18-11-9-8-10-12-18/h8-12,16,19-22,27H,13-15H2,1-7H3,(H,28,32)(H,29,34)(H,30,33)/t16-,19-,20+,21-,22+/m0/s1. The molecule has 1 saturated heterocycles. The van der Waals surface area contributed by atoms with Gasteiger partial charge in [0.15, 0.2) is 0 Å². The smallest absolute Gasteiger partial charge is 0.246 e. The SMILES string of the molecule is CN[C@@H](C)C(=O)N[C@H](C(=O)N1C[C@@H](NC(C)=O)C[C@H]1C(=O)N[C@H](COC)c1ccccc1)C(C)(C)C. The topological polar surface area (TPSA) is 129 Å². The van der Waals surface area contributed by atoms with E-state index < -0.39 is 29.6 Å². The van der Waals surface area contributed by atoms with E-state index in [1.54, 1.807) is 21.1 Å². The molecule has 10 nitrogen and oxygen atoms in total. The van der Waals surface area contributed by atoms with Crippen molar-refractivity contribution in [1.29, 1.82) is 0 Å². The quantitative estimate of drug-likeness (QED) is 0.373. The van der Waals surface area contributed by atoms with Crippen LogP contribution in [0.25, 0.3) is 0 Å². The molecule has 1 aromatic rings. The molecular formula is C26H41N5O5. The Labute approximate surface area is 213 Å². The van der Waals surface area contributed by atoms with Gasteiger partial charge in [-0.25, -0.2) is 0 Å². The molecule has 36 heavy (non-hydrogen) atoms. The number of likely N-dealkylation sites (N-methyl/N-ethyl adjacent to an activating group) is 1. The predicted octanol–water partition coefficient (Wildman–Crippen LogP) is 0.735. The van der Waals surface area contributed by atoms with Gasteiger partial charge in [0.05, 0.1) is 18.7 Å². The van der Waals surface area contributed by atoms with Gasteiger partial charge in [-0.3, -0.25) is 19.2 Å². The fraction of sp³-hybridized carbons (Fsp3) is 0.615. The number of hydrogen-bond donors (Lipinski definition) is 4. The molecule has 0 bridgehead atoms. The molecule has 200 valence electrons. The highest BCUT2D eigenvalue weighted by molar-refractivity contribution is 5.94. The third-order valence-electron chi connectivity index (χ3n) is 6.37. The van der Waals surface area contributed by atoms with Crippen molar-refractivity contribution in [3.8, 4) is 0 Å².